The van der Waals surface area contributed by atoms with Crippen LogP contribution in [0, 0.1) is 0 Å². The lowest BCUT2D eigenvalue weighted by Gasteiger charge is -2.33. The number of aromatic nitrogens is 3. The number of piperidine rings is 2. The third kappa shape index (κ3) is 4.25. The Balaban J connectivity index is 0.00000210. The summed E-state index contributed by atoms with van der Waals surface area (Å²) in [4.78, 5) is 11.7. The monoisotopic (exact) mass is 393 g/mol. The van der Waals surface area contributed by atoms with E-state index in [4.69, 9.17) is 14.2 Å². The van der Waals surface area contributed by atoms with Crippen molar-refractivity contribution in [3.8, 4) is 11.4 Å². The van der Waals surface area contributed by atoms with Crippen LogP contribution in [0.5, 0.6) is 0 Å². The molecule has 0 unspecified atom stereocenters. The molecule has 2 saturated heterocycles. The van der Waals surface area contributed by atoms with Crippen LogP contribution in [-0.4, -0.2) is 55.0 Å². The molecule has 4 rings (SSSR count). The van der Waals surface area contributed by atoms with Gasteiger partial charge in [0, 0.05) is 32.0 Å². The van der Waals surface area contributed by atoms with E-state index in [2.05, 4.69) is 26.4 Å². The molecule has 0 saturated carbocycles. The molecule has 0 bridgehead atoms. The molecule has 2 aromatic heterocycles. The first kappa shape index (κ1) is 20.0. The van der Waals surface area contributed by atoms with Crippen LogP contribution in [-0.2, 0) is 10.2 Å². The molecule has 2 aromatic rings. The highest BCUT2D eigenvalue weighted by atomic mass is 35.5. The first-order valence-corrected chi connectivity index (χ1v) is 9.56. The lowest BCUT2D eigenvalue weighted by molar-refractivity contribution is 0.0850. The highest BCUT2D eigenvalue weighted by molar-refractivity contribution is 5.85. The predicted molar refractivity (Wildman–Crippen MR) is 106 cm³/mol. The van der Waals surface area contributed by atoms with E-state index in [1.807, 2.05) is 12.3 Å². The first-order valence-electron chi connectivity index (χ1n) is 9.56. The Bertz CT molecular complexity index is 704. The van der Waals surface area contributed by atoms with Crippen LogP contribution < -0.4 is 10.2 Å². The van der Waals surface area contributed by atoms with Gasteiger partial charge >= 0.3 is 0 Å². The molecule has 1 N–H and O–H groups in total. The molecular formula is C19H28ClN5O2. The number of ether oxygens (including phenoxy) is 1. The van der Waals surface area contributed by atoms with Gasteiger partial charge in [-0.05, 0) is 57.3 Å². The molecule has 0 atom stereocenters. The Morgan fingerprint density at radius 1 is 1.19 bits per heavy atom. The van der Waals surface area contributed by atoms with Gasteiger partial charge in [0.05, 0.1) is 12.0 Å². The Hall–Kier alpha value is -1.70. The number of pyridine rings is 1. The maximum atomic E-state index is 5.65. The third-order valence-electron chi connectivity index (χ3n) is 5.55. The van der Waals surface area contributed by atoms with E-state index in [0.29, 0.717) is 18.3 Å². The fourth-order valence-electron chi connectivity index (χ4n) is 3.99. The van der Waals surface area contributed by atoms with Gasteiger partial charge in [0.2, 0.25) is 11.7 Å². The number of rotatable bonds is 5. The van der Waals surface area contributed by atoms with Gasteiger partial charge in [0.15, 0.2) is 0 Å². The van der Waals surface area contributed by atoms with Gasteiger partial charge in [-0.1, -0.05) is 5.16 Å². The van der Waals surface area contributed by atoms with Gasteiger partial charge in [0.1, 0.15) is 5.82 Å². The summed E-state index contributed by atoms with van der Waals surface area (Å²) in [5.41, 5.74) is 0.703. The summed E-state index contributed by atoms with van der Waals surface area (Å²) in [6, 6.07) is 4.10. The molecular weight excluding hydrogens is 366 g/mol. The van der Waals surface area contributed by atoms with Crippen LogP contribution in [0.4, 0.5) is 5.82 Å². The quantitative estimate of drug-likeness (QED) is 0.836. The topological polar surface area (TPSA) is 76.3 Å². The lowest BCUT2D eigenvalue weighted by atomic mass is 9.79. The second-order valence-corrected chi connectivity index (χ2v) is 7.34. The van der Waals surface area contributed by atoms with Crippen molar-refractivity contribution < 1.29 is 9.26 Å². The summed E-state index contributed by atoms with van der Waals surface area (Å²) in [5.74, 6) is 2.31. The molecule has 0 spiro atoms. The number of methoxy groups -OCH3 is 1. The predicted octanol–water partition coefficient (Wildman–Crippen LogP) is 2.81. The van der Waals surface area contributed by atoms with E-state index >= 15 is 0 Å². The first-order chi connectivity index (χ1) is 12.8. The van der Waals surface area contributed by atoms with Crippen molar-refractivity contribution in [2.24, 2.45) is 0 Å². The zero-order valence-electron chi connectivity index (χ0n) is 15.8. The molecule has 4 heterocycles. The Morgan fingerprint density at radius 2 is 1.96 bits per heavy atom. The minimum Gasteiger partial charge on any atom is -0.384 e. The molecule has 8 heteroatoms. The number of halogens is 1. The summed E-state index contributed by atoms with van der Waals surface area (Å²) >= 11 is 0. The van der Waals surface area contributed by atoms with Gasteiger partial charge in [-0.3, -0.25) is 0 Å². The molecule has 0 aliphatic carbocycles. The molecule has 0 radical (unpaired) electrons. The summed E-state index contributed by atoms with van der Waals surface area (Å²) in [7, 11) is 1.73. The van der Waals surface area contributed by atoms with Crippen molar-refractivity contribution in [1.29, 1.82) is 0 Å². The maximum Gasteiger partial charge on any atom is 0.235 e. The molecule has 2 aliphatic heterocycles. The van der Waals surface area contributed by atoms with Crippen molar-refractivity contribution in [3.63, 3.8) is 0 Å². The third-order valence-corrected chi connectivity index (χ3v) is 5.55. The van der Waals surface area contributed by atoms with Gasteiger partial charge in [-0.25, -0.2) is 4.98 Å². The van der Waals surface area contributed by atoms with E-state index in [-0.39, 0.29) is 17.8 Å². The Morgan fingerprint density at radius 3 is 2.63 bits per heavy atom. The van der Waals surface area contributed by atoms with Gasteiger partial charge in [-0.2, -0.15) is 4.98 Å². The summed E-state index contributed by atoms with van der Waals surface area (Å²) in [6.45, 7) is 4.65. The smallest absolute Gasteiger partial charge is 0.235 e. The number of nitrogens with one attached hydrogen (secondary N) is 1. The molecule has 148 valence electrons. The van der Waals surface area contributed by atoms with Crippen molar-refractivity contribution in [2.45, 2.75) is 37.5 Å². The minimum absolute atomic E-state index is 0. The van der Waals surface area contributed by atoms with E-state index < -0.39 is 0 Å². The summed E-state index contributed by atoms with van der Waals surface area (Å²) in [6.07, 6.45) is 7.54. The van der Waals surface area contributed by atoms with Crippen molar-refractivity contribution in [2.75, 3.05) is 44.8 Å². The molecule has 27 heavy (non-hydrogen) atoms. The maximum absolute atomic E-state index is 5.65. The fraction of sp³-hybridized carbons (Fsp3) is 0.632. The van der Waals surface area contributed by atoms with Gasteiger partial charge < -0.3 is 19.5 Å². The molecule has 0 aromatic carbocycles. The summed E-state index contributed by atoms with van der Waals surface area (Å²) in [5, 5.41) is 7.60. The number of anilines is 1. The van der Waals surface area contributed by atoms with Crippen molar-refractivity contribution in [3.05, 3.63) is 24.2 Å². The lowest BCUT2D eigenvalue weighted by Crippen LogP contribution is -2.43. The molecule has 0 amide bonds. The van der Waals surface area contributed by atoms with Crippen molar-refractivity contribution >= 4 is 18.2 Å². The number of nitrogens with zero attached hydrogens (tertiary/aromatic N) is 4. The Kier molecular flexibility index (Phi) is 6.68. The number of hydrogen-bond donors (Lipinski definition) is 1. The second-order valence-electron chi connectivity index (χ2n) is 7.34. The normalized spacial score (nSPS) is 19.5. The van der Waals surface area contributed by atoms with E-state index in [0.717, 1.165) is 50.4 Å². The molecule has 2 aliphatic rings. The van der Waals surface area contributed by atoms with E-state index in [9.17, 15) is 0 Å². The zero-order chi connectivity index (χ0) is 17.8. The van der Waals surface area contributed by atoms with E-state index in [1.54, 1.807) is 7.11 Å². The van der Waals surface area contributed by atoms with E-state index in [1.165, 1.54) is 19.3 Å². The summed E-state index contributed by atoms with van der Waals surface area (Å²) < 4.78 is 11.1. The highest BCUT2D eigenvalue weighted by Crippen LogP contribution is 2.34. The van der Waals surface area contributed by atoms with Gasteiger partial charge in [0.25, 0.3) is 0 Å². The van der Waals surface area contributed by atoms with Crippen LogP contribution in [0.3, 0.4) is 0 Å². The fourth-order valence-corrected chi connectivity index (χ4v) is 3.99. The highest BCUT2D eigenvalue weighted by Gasteiger charge is 2.39. The molecule has 2 fully saturated rings. The van der Waals surface area contributed by atoms with Crippen LogP contribution in [0.25, 0.3) is 11.4 Å². The standard InChI is InChI=1S/C19H27N5O2.ClH/c1-25-14-19(7-9-20-10-8-19)18-22-17(23-26-18)15-5-6-16(21-13-15)24-11-3-2-4-12-24;/h5-6,13,20H,2-4,7-12,14H2,1H3;1H. The minimum atomic E-state index is -0.188. The van der Waals surface area contributed by atoms with Crippen LogP contribution >= 0.6 is 12.4 Å². The second kappa shape index (κ2) is 8.99. The zero-order valence-corrected chi connectivity index (χ0v) is 16.6. The van der Waals surface area contributed by atoms with Crippen LogP contribution in [0.15, 0.2) is 22.9 Å². The Labute approximate surface area is 166 Å². The molecule has 7 nitrogen and oxygen atoms in total. The SMILES string of the molecule is COCC1(c2nc(-c3ccc(N4CCCCC4)nc3)no2)CCNCC1.Cl. The number of hydrogen-bond acceptors (Lipinski definition) is 7. The van der Waals surface area contributed by atoms with Crippen LogP contribution in [0.1, 0.15) is 38.0 Å². The average Bonchev–Trinajstić information content (AvgIpc) is 3.21. The van der Waals surface area contributed by atoms with Crippen molar-refractivity contribution in [1.82, 2.24) is 20.4 Å². The average molecular weight is 394 g/mol. The van der Waals surface area contributed by atoms with Crippen LogP contribution in [0.2, 0.25) is 0 Å². The van der Waals surface area contributed by atoms with Gasteiger partial charge in [-0.15, -0.1) is 12.4 Å². The largest absolute Gasteiger partial charge is 0.384 e.